The molecule has 0 fully saturated rings. The van der Waals surface area contributed by atoms with Crippen molar-refractivity contribution in [3.05, 3.63) is 61.2 Å². The Hall–Kier alpha value is -3.01. The standard InChI is InChI=1S/C17H11N3O/c21-16-6-5-11-3-1-2-4-13(11)17(16)15-7-14-12(9-19-15)8-18-10-20-14/h1-10,21H. The molecule has 0 bridgehead atoms. The monoisotopic (exact) mass is 273 g/mol. The molecule has 0 saturated carbocycles. The zero-order valence-corrected chi connectivity index (χ0v) is 11.1. The van der Waals surface area contributed by atoms with Gasteiger partial charge >= 0.3 is 0 Å². The predicted octanol–water partition coefficient (Wildman–Crippen LogP) is 3.55. The molecule has 0 radical (unpaired) electrons. The van der Waals surface area contributed by atoms with Gasteiger partial charge in [-0.3, -0.25) is 4.98 Å². The van der Waals surface area contributed by atoms with Crippen LogP contribution in [-0.4, -0.2) is 20.1 Å². The Balaban J connectivity index is 2.05. The largest absolute Gasteiger partial charge is 0.507 e. The van der Waals surface area contributed by atoms with Crippen LogP contribution >= 0.6 is 0 Å². The van der Waals surface area contributed by atoms with Gasteiger partial charge in [-0.2, -0.15) is 0 Å². The Morgan fingerprint density at radius 3 is 2.71 bits per heavy atom. The fraction of sp³-hybridized carbons (Fsp3) is 0. The van der Waals surface area contributed by atoms with Crippen molar-refractivity contribution in [2.24, 2.45) is 0 Å². The van der Waals surface area contributed by atoms with Gasteiger partial charge in [0, 0.05) is 23.3 Å². The molecule has 2 aromatic heterocycles. The number of aromatic nitrogens is 3. The number of rotatable bonds is 1. The molecule has 4 rings (SSSR count). The summed E-state index contributed by atoms with van der Waals surface area (Å²) in [5.74, 6) is 0.217. The minimum absolute atomic E-state index is 0.217. The fourth-order valence-electron chi connectivity index (χ4n) is 2.54. The third-order valence-electron chi connectivity index (χ3n) is 3.55. The summed E-state index contributed by atoms with van der Waals surface area (Å²) in [7, 11) is 0. The molecule has 0 aliphatic carbocycles. The molecule has 2 aromatic carbocycles. The molecule has 0 aliphatic heterocycles. The summed E-state index contributed by atoms with van der Waals surface area (Å²) in [6.07, 6.45) is 4.96. The zero-order chi connectivity index (χ0) is 14.2. The van der Waals surface area contributed by atoms with Crippen LogP contribution in [0.4, 0.5) is 0 Å². The third kappa shape index (κ3) is 1.89. The lowest BCUT2D eigenvalue weighted by Crippen LogP contribution is -1.89. The van der Waals surface area contributed by atoms with Gasteiger partial charge in [-0.1, -0.05) is 30.3 Å². The molecular weight excluding hydrogens is 262 g/mol. The molecular formula is C17H11N3O. The van der Waals surface area contributed by atoms with Crippen LogP contribution in [0, 0.1) is 0 Å². The highest BCUT2D eigenvalue weighted by Gasteiger charge is 2.11. The molecule has 0 amide bonds. The quantitative estimate of drug-likeness (QED) is 0.576. The Morgan fingerprint density at radius 2 is 1.76 bits per heavy atom. The van der Waals surface area contributed by atoms with E-state index in [4.69, 9.17) is 0 Å². The maximum Gasteiger partial charge on any atom is 0.125 e. The number of aromatic hydroxyl groups is 1. The van der Waals surface area contributed by atoms with Crippen LogP contribution in [0.15, 0.2) is 61.2 Å². The van der Waals surface area contributed by atoms with E-state index in [1.54, 1.807) is 18.5 Å². The van der Waals surface area contributed by atoms with Crippen LogP contribution in [0.5, 0.6) is 5.75 Å². The number of hydrogen-bond donors (Lipinski definition) is 1. The van der Waals surface area contributed by atoms with Crippen molar-refractivity contribution in [3.63, 3.8) is 0 Å². The number of pyridine rings is 1. The highest BCUT2D eigenvalue weighted by Crippen LogP contribution is 2.35. The van der Waals surface area contributed by atoms with Crippen LogP contribution < -0.4 is 0 Å². The summed E-state index contributed by atoms with van der Waals surface area (Å²) in [4.78, 5) is 12.7. The van der Waals surface area contributed by atoms with Gasteiger partial charge in [0.15, 0.2) is 0 Å². The van der Waals surface area contributed by atoms with Gasteiger partial charge in [0.2, 0.25) is 0 Å². The van der Waals surface area contributed by atoms with Crippen molar-refractivity contribution in [2.45, 2.75) is 0 Å². The molecule has 0 unspecified atom stereocenters. The Morgan fingerprint density at radius 1 is 0.857 bits per heavy atom. The van der Waals surface area contributed by atoms with Gasteiger partial charge in [0.1, 0.15) is 12.1 Å². The molecule has 0 aliphatic rings. The zero-order valence-electron chi connectivity index (χ0n) is 11.1. The summed E-state index contributed by atoms with van der Waals surface area (Å²) in [5.41, 5.74) is 2.24. The summed E-state index contributed by atoms with van der Waals surface area (Å²) in [6, 6.07) is 13.4. The number of benzene rings is 2. The number of hydrogen-bond acceptors (Lipinski definition) is 4. The van der Waals surface area contributed by atoms with Gasteiger partial charge in [-0.15, -0.1) is 0 Å². The SMILES string of the molecule is Oc1ccc2ccccc2c1-c1cc2ncncc2cn1. The van der Waals surface area contributed by atoms with Crippen molar-refractivity contribution in [2.75, 3.05) is 0 Å². The molecule has 2 heterocycles. The van der Waals surface area contributed by atoms with Crippen molar-refractivity contribution < 1.29 is 5.11 Å². The van der Waals surface area contributed by atoms with Gasteiger partial charge < -0.3 is 5.11 Å². The van der Waals surface area contributed by atoms with Gasteiger partial charge in [-0.05, 0) is 22.9 Å². The van der Waals surface area contributed by atoms with Gasteiger partial charge in [-0.25, -0.2) is 9.97 Å². The van der Waals surface area contributed by atoms with Gasteiger partial charge in [0.25, 0.3) is 0 Å². The first kappa shape index (κ1) is 11.8. The summed E-state index contributed by atoms with van der Waals surface area (Å²) in [5, 5.41) is 13.2. The van der Waals surface area contributed by atoms with E-state index in [0.29, 0.717) is 5.69 Å². The predicted molar refractivity (Wildman–Crippen MR) is 81.9 cm³/mol. The summed E-state index contributed by atoms with van der Waals surface area (Å²) in [6.45, 7) is 0. The first-order chi connectivity index (χ1) is 10.3. The van der Waals surface area contributed by atoms with E-state index in [9.17, 15) is 5.11 Å². The average Bonchev–Trinajstić information content (AvgIpc) is 2.54. The third-order valence-corrected chi connectivity index (χ3v) is 3.55. The highest BCUT2D eigenvalue weighted by molar-refractivity contribution is 5.99. The molecule has 4 heteroatoms. The Bertz CT molecular complexity index is 966. The molecule has 4 nitrogen and oxygen atoms in total. The Labute approximate surface area is 120 Å². The second-order valence-corrected chi connectivity index (χ2v) is 4.83. The fourth-order valence-corrected chi connectivity index (χ4v) is 2.54. The van der Waals surface area contributed by atoms with Crippen molar-refractivity contribution in [3.8, 4) is 17.0 Å². The molecule has 100 valence electrons. The first-order valence-electron chi connectivity index (χ1n) is 6.60. The molecule has 21 heavy (non-hydrogen) atoms. The van der Waals surface area contributed by atoms with E-state index >= 15 is 0 Å². The molecule has 0 spiro atoms. The maximum absolute atomic E-state index is 10.3. The van der Waals surface area contributed by atoms with Crippen molar-refractivity contribution >= 4 is 21.7 Å². The second-order valence-electron chi connectivity index (χ2n) is 4.83. The van der Waals surface area contributed by atoms with Crippen LogP contribution in [0.1, 0.15) is 0 Å². The van der Waals surface area contributed by atoms with E-state index in [2.05, 4.69) is 15.0 Å². The number of phenols is 1. The topological polar surface area (TPSA) is 58.9 Å². The van der Waals surface area contributed by atoms with E-state index in [1.165, 1.54) is 6.33 Å². The van der Waals surface area contributed by atoms with E-state index in [0.717, 1.165) is 27.2 Å². The maximum atomic E-state index is 10.3. The van der Waals surface area contributed by atoms with Crippen LogP contribution in [0.25, 0.3) is 32.9 Å². The summed E-state index contributed by atoms with van der Waals surface area (Å²) < 4.78 is 0. The van der Waals surface area contributed by atoms with Gasteiger partial charge in [0.05, 0.1) is 11.2 Å². The van der Waals surface area contributed by atoms with Crippen LogP contribution in [0.2, 0.25) is 0 Å². The van der Waals surface area contributed by atoms with E-state index < -0.39 is 0 Å². The number of fused-ring (bicyclic) bond motifs is 2. The average molecular weight is 273 g/mol. The lowest BCUT2D eigenvalue weighted by Gasteiger charge is -2.09. The lowest BCUT2D eigenvalue weighted by molar-refractivity contribution is 0.478. The second kappa shape index (κ2) is 4.52. The Kier molecular flexibility index (Phi) is 2.54. The number of nitrogens with zero attached hydrogens (tertiary/aromatic N) is 3. The molecule has 4 aromatic rings. The number of phenolic OH excluding ortho intramolecular Hbond substituents is 1. The minimum atomic E-state index is 0.217. The minimum Gasteiger partial charge on any atom is -0.507 e. The molecule has 0 saturated heterocycles. The first-order valence-corrected chi connectivity index (χ1v) is 6.60. The normalized spacial score (nSPS) is 11.0. The lowest BCUT2D eigenvalue weighted by atomic mass is 10.0. The van der Waals surface area contributed by atoms with Crippen LogP contribution in [0.3, 0.4) is 0 Å². The highest BCUT2D eigenvalue weighted by atomic mass is 16.3. The smallest absolute Gasteiger partial charge is 0.125 e. The van der Waals surface area contributed by atoms with Crippen molar-refractivity contribution in [1.29, 1.82) is 0 Å². The van der Waals surface area contributed by atoms with Crippen LogP contribution in [-0.2, 0) is 0 Å². The van der Waals surface area contributed by atoms with Crippen molar-refractivity contribution in [1.82, 2.24) is 15.0 Å². The molecule has 1 N–H and O–H groups in total. The molecule has 0 atom stereocenters. The summed E-state index contributed by atoms with van der Waals surface area (Å²) >= 11 is 0. The van der Waals surface area contributed by atoms with E-state index in [-0.39, 0.29) is 5.75 Å². The van der Waals surface area contributed by atoms with E-state index in [1.807, 2.05) is 36.4 Å².